The van der Waals surface area contributed by atoms with Gasteiger partial charge in [0.2, 0.25) is 15.9 Å². The monoisotopic (exact) mass is 360 g/mol. The second-order valence-electron chi connectivity index (χ2n) is 6.14. The fourth-order valence-corrected chi connectivity index (χ4v) is 3.66. The molecule has 0 radical (unpaired) electrons. The van der Waals surface area contributed by atoms with Crippen molar-refractivity contribution in [2.45, 2.75) is 20.3 Å². The van der Waals surface area contributed by atoms with Gasteiger partial charge >= 0.3 is 0 Å². The Bertz CT molecular complexity index is 847. The molecule has 0 fully saturated rings. The number of anilines is 1. The molecule has 25 heavy (non-hydrogen) atoms. The number of hydrogen-bond acceptors (Lipinski definition) is 3. The Morgan fingerprint density at radius 3 is 2.44 bits per heavy atom. The van der Waals surface area contributed by atoms with Crippen LogP contribution >= 0.6 is 0 Å². The highest BCUT2D eigenvalue weighted by atomic mass is 32.2. The quantitative estimate of drug-likeness (QED) is 0.825. The van der Waals surface area contributed by atoms with Crippen LogP contribution in [0.15, 0.2) is 48.5 Å². The lowest BCUT2D eigenvalue weighted by molar-refractivity contribution is -0.120. The lowest BCUT2D eigenvalue weighted by Crippen LogP contribution is -2.38. The number of benzene rings is 2. The second-order valence-corrected chi connectivity index (χ2v) is 8.04. The molecular weight excluding hydrogens is 336 g/mol. The van der Waals surface area contributed by atoms with Crippen LogP contribution in [0, 0.1) is 13.8 Å². The lowest BCUT2D eigenvalue weighted by Gasteiger charge is -2.24. The van der Waals surface area contributed by atoms with Crippen molar-refractivity contribution in [1.29, 1.82) is 0 Å². The van der Waals surface area contributed by atoms with Crippen LogP contribution in [-0.2, 0) is 21.2 Å². The van der Waals surface area contributed by atoms with E-state index in [1.807, 2.05) is 50.2 Å². The molecule has 0 heterocycles. The van der Waals surface area contributed by atoms with Gasteiger partial charge in [0, 0.05) is 6.54 Å². The molecule has 1 amide bonds. The van der Waals surface area contributed by atoms with Crippen LogP contribution in [0.5, 0.6) is 0 Å². The highest BCUT2D eigenvalue weighted by molar-refractivity contribution is 7.92. The van der Waals surface area contributed by atoms with Gasteiger partial charge in [-0.2, -0.15) is 0 Å². The van der Waals surface area contributed by atoms with E-state index in [1.165, 1.54) is 10.6 Å². The highest BCUT2D eigenvalue weighted by Gasteiger charge is 2.18. The summed E-state index contributed by atoms with van der Waals surface area (Å²) in [5.41, 5.74) is 3.56. The third-order valence-electron chi connectivity index (χ3n) is 3.87. The maximum atomic E-state index is 12.1. The number of aryl methyl sites for hydroxylation is 2. The minimum Gasteiger partial charge on any atom is -0.354 e. The van der Waals surface area contributed by atoms with Gasteiger partial charge in [-0.1, -0.05) is 48.0 Å². The van der Waals surface area contributed by atoms with Crippen molar-refractivity contribution in [1.82, 2.24) is 5.32 Å². The molecular formula is C19H24N2O3S. The van der Waals surface area contributed by atoms with Gasteiger partial charge in [-0.15, -0.1) is 0 Å². The van der Waals surface area contributed by atoms with Crippen LogP contribution in [-0.4, -0.2) is 33.7 Å². The molecule has 2 aromatic rings. The number of para-hydroxylation sites is 1. The molecule has 0 bridgehead atoms. The zero-order chi connectivity index (χ0) is 18.4. The van der Waals surface area contributed by atoms with Crippen LogP contribution in [0.1, 0.15) is 16.7 Å². The molecule has 0 aliphatic carbocycles. The van der Waals surface area contributed by atoms with E-state index < -0.39 is 10.0 Å². The third-order valence-corrected chi connectivity index (χ3v) is 5.05. The highest BCUT2D eigenvalue weighted by Crippen LogP contribution is 2.21. The molecule has 2 aromatic carbocycles. The fraction of sp³-hybridized carbons (Fsp3) is 0.316. The molecule has 134 valence electrons. The number of sulfonamides is 1. The zero-order valence-corrected chi connectivity index (χ0v) is 15.6. The number of hydrogen-bond donors (Lipinski definition) is 1. The van der Waals surface area contributed by atoms with Gasteiger partial charge in [-0.05, 0) is 31.0 Å². The van der Waals surface area contributed by atoms with Gasteiger partial charge in [-0.25, -0.2) is 8.42 Å². The summed E-state index contributed by atoms with van der Waals surface area (Å²) in [7, 11) is -3.42. The Morgan fingerprint density at radius 1 is 1.08 bits per heavy atom. The lowest BCUT2D eigenvalue weighted by atomic mass is 10.1. The maximum Gasteiger partial charge on any atom is 0.232 e. The van der Waals surface area contributed by atoms with E-state index in [-0.39, 0.29) is 25.4 Å². The summed E-state index contributed by atoms with van der Waals surface area (Å²) in [6, 6.07) is 15.1. The summed E-state index contributed by atoms with van der Waals surface area (Å²) in [6.45, 7) is 4.30. The number of rotatable bonds is 7. The van der Waals surface area contributed by atoms with Gasteiger partial charge < -0.3 is 5.32 Å². The third kappa shape index (κ3) is 5.60. The van der Waals surface area contributed by atoms with Crippen molar-refractivity contribution in [2.24, 2.45) is 0 Å². The summed E-state index contributed by atoms with van der Waals surface area (Å²) in [5.74, 6) is -0.121. The van der Waals surface area contributed by atoms with Crippen LogP contribution in [0.3, 0.4) is 0 Å². The molecule has 5 nitrogen and oxygen atoms in total. The number of carbonyl (C=O) groups is 1. The van der Waals surface area contributed by atoms with Crippen LogP contribution < -0.4 is 9.62 Å². The first kappa shape index (κ1) is 19.0. The Balaban J connectivity index is 1.97. The standard InChI is InChI=1S/C19H24N2O3S/c1-15-7-6-9-17(13-15)14-19(22)20-11-12-21(25(3,23)24)18-10-5-4-8-16(18)2/h4-10,13H,11-12,14H2,1-3H3,(H,20,22). The van der Waals surface area contributed by atoms with Crippen molar-refractivity contribution in [3.8, 4) is 0 Å². The van der Waals surface area contributed by atoms with Crippen LogP contribution in [0.25, 0.3) is 0 Å². The smallest absolute Gasteiger partial charge is 0.232 e. The van der Waals surface area contributed by atoms with E-state index in [9.17, 15) is 13.2 Å². The average molecular weight is 360 g/mol. The molecule has 0 saturated heterocycles. The SMILES string of the molecule is Cc1cccc(CC(=O)NCCN(c2ccccc2C)S(C)(=O)=O)c1. The summed E-state index contributed by atoms with van der Waals surface area (Å²) in [4.78, 5) is 12.1. The molecule has 0 aliphatic rings. The molecule has 0 spiro atoms. The Morgan fingerprint density at radius 2 is 1.80 bits per heavy atom. The van der Waals surface area contributed by atoms with Crippen molar-refractivity contribution in [2.75, 3.05) is 23.7 Å². The van der Waals surface area contributed by atoms with Crippen LogP contribution in [0.4, 0.5) is 5.69 Å². The summed E-state index contributed by atoms with van der Waals surface area (Å²) >= 11 is 0. The van der Waals surface area contributed by atoms with E-state index in [2.05, 4.69) is 5.32 Å². The van der Waals surface area contributed by atoms with Gasteiger partial charge in [-0.3, -0.25) is 9.10 Å². The van der Waals surface area contributed by atoms with Crippen LogP contribution in [0.2, 0.25) is 0 Å². The average Bonchev–Trinajstić information content (AvgIpc) is 2.51. The predicted molar refractivity (Wildman–Crippen MR) is 101 cm³/mol. The second kappa shape index (κ2) is 8.16. The Labute approximate surface area is 149 Å². The first-order chi connectivity index (χ1) is 11.8. The predicted octanol–water partition coefficient (Wildman–Crippen LogP) is 2.43. The van der Waals surface area contributed by atoms with E-state index in [4.69, 9.17) is 0 Å². The maximum absolute atomic E-state index is 12.1. The minimum absolute atomic E-state index is 0.121. The molecule has 0 aromatic heterocycles. The minimum atomic E-state index is -3.42. The van der Waals surface area contributed by atoms with Crippen molar-refractivity contribution in [3.05, 3.63) is 65.2 Å². The summed E-state index contributed by atoms with van der Waals surface area (Å²) < 4.78 is 25.5. The number of nitrogens with one attached hydrogen (secondary N) is 1. The summed E-state index contributed by atoms with van der Waals surface area (Å²) in [5, 5.41) is 2.80. The van der Waals surface area contributed by atoms with Gasteiger partial charge in [0.1, 0.15) is 0 Å². The normalized spacial score (nSPS) is 11.2. The van der Waals surface area contributed by atoms with Gasteiger partial charge in [0.25, 0.3) is 0 Å². The van der Waals surface area contributed by atoms with Crippen molar-refractivity contribution in [3.63, 3.8) is 0 Å². The molecule has 0 saturated carbocycles. The van der Waals surface area contributed by atoms with Crippen molar-refractivity contribution < 1.29 is 13.2 Å². The first-order valence-electron chi connectivity index (χ1n) is 8.13. The van der Waals surface area contributed by atoms with E-state index in [1.54, 1.807) is 12.1 Å². The topological polar surface area (TPSA) is 66.5 Å². The van der Waals surface area contributed by atoms with E-state index in [0.29, 0.717) is 5.69 Å². The number of carbonyl (C=O) groups excluding carboxylic acids is 1. The van der Waals surface area contributed by atoms with Gasteiger partial charge in [0.15, 0.2) is 0 Å². The number of amides is 1. The summed E-state index contributed by atoms with van der Waals surface area (Å²) in [6.07, 6.45) is 1.46. The fourth-order valence-electron chi connectivity index (χ4n) is 2.68. The van der Waals surface area contributed by atoms with E-state index in [0.717, 1.165) is 16.7 Å². The van der Waals surface area contributed by atoms with Gasteiger partial charge in [0.05, 0.1) is 24.9 Å². The molecule has 0 aliphatic heterocycles. The Kier molecular flexibility index (Phi) is 6.20. The molecule has 0 unspecified atom stereocenters. The largest absolute Gasteiger partial charge is 0.354 e. The Hall–Kier alpha value is -2.34. The molecule has 6 heteroatoms. The van der Waals surface area contributed by atoms with E-state index >= 15 is 0 Å². The molecule has 1 N–H and O–H groups in total. The molecule has 2 rings (SSSR count). The zero-order valence-electron chi connectivity index (χ0n) is 14.8. The van der Waals surface area contributed by atoms with Crippen molar-refractivity contribution >= 4 is 21.6 Å². The molecule has 0 atom stereocenters. The first-order valence-corrected chi connectivity index (χ1v) is 9.98. The number of nitrogens with zero attached hydrogens (tertiary/aromatic N) is 1.